The summed E-state index contributed by atoms with van der Waals surface area (Å²) in [6, 6.07) is 24.9. The molecule has 0 spiro atoms. The predicted octanol–water partition coefficient (Wildman–Crippen LogP) is 8.91. The van der Waals surface area contributed by atoms with E-state index >= 15 is 0 Å². The number of rotatable bonds is 6. The Morgan fingerprint density at radius 1 is 0.818 bits per heavy atom. The van der Waals surface area contributed by atoms with Crippen molar-refractivity contribution in [2.45, 2.75) is 73.3 Å². The van der Waals surface area contributed by atoms with Gasteiger partial charge in [0, 0.05) is 14.5 Å². The Bertz CT molecular complexity index is 1060. The minimum absolute atomic E-state index is 0.108. The van der Waals surface area contributed by atoms with Crippen LogP contribution in [0.2, 0.25) is 0 Å². The van der Waals surface area contributed by atoms with E-state index in [1.807, 2.05) is 43.3 Å². The molecule has 1 aliphatic carbocycles. The second kappa shape index (κ2) is 8.52. The lowest BCUT2D eigenvalue weighted by Crippen LogP contribution is -2.28. The third-order valence-electron chi connectivity index (χ3n) is 6.45. The summed E-state index contributed by atoms with van der Waals surface area (Å²) in [4.78, 5) is 2.11. The maximum absolute atomic E-state index is 13.9. The van der Waals surface area contributed by atoms with E-state index in [9.17, 15) is 13.2 Å². The second-order valence-corrected chi connectivity index (χ2v) is 13.5. The molecular weight excluding hydrogens is 441 g/mol. The Morgan fingerprint density at radius 2 is 1.33 bits per heavy atom. The van der Waals surface area contributed by atoms with Crippen molar-refractivity contribution in [3.05, 3.63) is 95.6 Å². The van der Waals surface area contributed by atoms with Crippen LogP contribution in [0.15, 0.2) is 88.7 Å². The van der Waals surface area contributed by atoms with Crippen LogP contribution in [-0.2, 0) is 22.4 Å². The summed E-state index contributed by atoms with van der Waals surface area (Å²) >= 11 is 0. The first-order chi connectivity index (χ1) is 15.5. The van der Waals surface area contributed by atoms with Gasteiger partial charge in [0.1, 0.15) is 0 Å². The molecule has 0 unspecified atom stereocenters. The van der Waals surface area contributed by atoms with Gasteiger partial charge in [0.15, 0.2) is 0 Å². The van der Waals surface area contributed by atoms with Crippen LogP contribution >= 0.6 is 10.3 Å². The molecule has 1 nitrogen and oxygen atoms in total. The largest absolute Gasteiger partial charge is 0.416 e. The third-order valence-corrected chi connectivity index (χ3v) is 10.5. The molecule has 0 N–H and O–H groups in total. The van der Waals surface area contributed by atoms with Crippen molar-refractivity contribution in [2.24, 2.45) is 0 Å². The normalized spacial score (nSPS) is 16.5. The van der Waals surface area contributed by atoms with Crippen molar-refractivity contribution in [1.82, 2.24) is 0 Å². The van der Waals surface area contributed by atoms with E-state index in [2.05, 4.69) is 45.0 Å². The van der Waals surface area contributed by atoms with Crippen molar-refractivity contribution in [3.8, 4) is 0 Å². The van der Waals surface area contributed by atoms with Crippen LogP contribution in [0, 0.1) is 0 Å². The number of halogens is 3. The van der Waals surface area contributed by atoms with Crippen LogP contribution in [0.1, 0.15) is 57.2 Å². The third kappa shape index (κ3) is 4.58. The smallest absolute Gasteiger partial charge is 0.323 e. The summed E-state index contributed by atoms with van der Waals surface area (Å²) in [5.41, 5.74) is 0.0561. The number of hydrogen-bond donors (Lipinski definition) is 0. The lowest BCUT2D eigenvalue weighted by molar-refractivity contribution is -0.138. The highest BCUT2D eigenvalue weighted by molar-refractivity contribution is 8.31. The minimum atomic E-state index is -4.39. The molecule has 0 bridgehead atoms. The van der Waals surface area contributed by atoms with E-state index in [1.54, 1.807) is 12.1 Å². The lowest BCUT2D eigenvalue weighted by atomic mass is 9.91. The van der Waals surface area contributed by atoms with Crippen LogP contribution in [0.4, 0.5) is 13.2 Å². The van der Waals surface area contributed by atoms with Gasteiger partial charge in [-0.05, 0) is 80.5 Å². The van der Waals surface area contributed by atoms with Crippen LogP contribution < -0.4 is 0 Å². The van der Waals surface area contributed by atoms with Gasteiger partial charge >= 0.3 is 6.18 Å². The van der Waals surface area contributed by atoms with E-state index in [1.165, 1.54) is 6.07 Å². The average Bonchev–Trinajstić information content (AvgIpc) is 3.52. The van der Waals surface area contributed by atoms with Gasteiger partial charge in [0.05, 0.1) is 12.2 Å². The van der Waals surface area contributed by atoms with Crippen molar-refractivity contribution in [1.29, 1.82) is 0 Å². The van der Waals surface area contributed by atoms with Gasteiger partial charge in [0.25, 0.3) is 0 Å². The van der Waals surface area contributed by atoms with Gasteiger partial charge in [-0.3, -0.25) is 0 Å². The molecule has 0 aliphatic heterocycles. The first kappa shape index (κ1) is 23.9. The quantitative estimate of drug-likeness (QED) is 0.348. The van der Waals surface area contributed by atoms with Gasteiger partial charge in [0.2, 0.25) is 0 Å². The summed E-state index contributed by atoms with van der Waals surface area (Å²) in [5.74, 6) is 0. The fourth-order valence-corrected chi connectivity index (χ4v) is 8.14. The fraction of sp³-hybridized carbons (Fsp3) is 0.357. The first-order valence-corrected chi connectivity index (χ1v) is 12.8. The average molecular weight is 473 g/mol. The van der Waals surface area contributed by atoms with Crippen LogP contribution in [0.5, 0.6) is 0 Å². The molecule has 4 rings (SSSR count). The molecule has 1 saturated carbocycles. The first-order valence-electron chi connectivity index (χ1n) is 11.3. The molecule has 0 radical (unpaired) electrons. The van der Waals surface area contributed by atoms with Crippen molar-refractivity contribution < 1.29 is 17.4 Å². The number of benzene rings is 3. The molecule has 3 aromatic rings. The van der Waals surface area contributed by atoms with Gasteiger partial charge < -0.3 is 4.18 Å². The Labute approximate surface area is 196 Å². The number of alkyl halides is 3. The summed E-state index contributed by atoms with van der Waals surface area (Å²) in [7, 11) is -2.02. The lowest BCUT2D eigenvalue weighted by Gasteiger charge is -2.50. The van der Waals surface area contributed by atoms with Crippen molar-refractivity contribution in [2.75, 3.05) is 0 Å². The van der Waals surface area contributed by atoms with Crippen LogP contribution in [-0.4, -0.2) is 4.75 Å². The maximum Gasteiger partial charge on any atom is 0.416 e. The molecule has 0 saturated heterocycles. The molecule has 1 fully saturated rings. The van der Waals surface area contributed by atoms with Crippen molar-refractivity contribution >= 4 is 10.3 Å². The van der Waals surface area contributed by atoms with Gasteiger partial charge in [-0.15, -0.1) is 0 Å². The monoisotopic (exact) mass is 472 g/mol. The highest BCUT2D eigenvalue weighted by Crippen LogP contribution is 2.71. The van der Waals surface area contributed by atoms with Crippen molar-refractivity contribution in [3.63, 3.8) is 0 Å². The van der Waals surface area contributed by atoms with Gasteiger partial charge in [-0.2, -0.15) is 13.2 Å². The van der Waals surface area contributed by atoms with E-state index in [0.717, 1.165) is 22.6 Å². The Balaban J connectivity index is 1.77. The molecule has 0 heterocycles. The molecular formula is C28H31F3OS. The van der Waals surface area contributed by atoms with E-state index in [-0.39, 0.29) is 16.8 Å². The van der Waals surface area contributed by atoms with E-state index in [4.69, 9.17) is 4.18 Å². The van der Waals surface area contributed by atoms with E-state index < -0.39 is 22.0 Å². The van der Waals surface area contributed by atoms with Crippen LogP contribution in [0.3, 0.4) is 0 Å². The minimum Gasteiger partial charge on any atom is -0.323 e. The fourth-order valence-electron chi connectivity index (χ4n) is 4.44. The standard InChI is InChI=1S/C28H31F3OS/c1-26(2,3)33(22-11-7-5-8-12-22,23-13-9-6-10-14-23)32-20-21-15-16-24(27(4)17-18-27)25(19-21)28(29,30)31/h5-16,19H,17-18,20H2,1-4H3. The molecule has 3 aromatic carbocycles. The molecule has 0 amide bonds. The zero-order valence-electron chi connectivity index (χ0n) is 19.6. The predicted molar refractivity (Wildman–Crippen MR) is 130 cm³/mol. The molecule has 1 aliphatic rings. The summed E-state index contributed by atoms with van der Waals surface area (Å²) in [6.07, 6.45) is -2.79. The zero-order valence-corrected chi connectivity index (χ0v) is 20.4. The Kier molecular flexibility index (Phi) is 6.17. The van der Waals surface area contributed by atoms with Crippen LogP contribution in [0.25, 0.3) is 0 Å². The second-order valence-electron chi connectivity index (χ2n) is 10.00. The molecule has 0 aromatic heterocycles. The topological polar surface area (TPSA) is 9.23 Å². The highest BCUT2D eigenvalue weighted by Gasteiger charge is 2.46. The summed E-state index contributed by atoms with van der Waals surface area (Å²) in [5, 5.41) is 0. The SMILES string of the molecule is CC1(c2ccc(COS(c3ccccc3)(c3ccccc3)C(C)(C)C)cc2C(F)(F)F)CC1. The molecule has 0 atom stereocenters. The highest BCUT2D eigenvalue weighted by atomic mass is 32.3. The van der Waals surface area contributed by atoms with Gasteiger partial charge in [-0.1, -0.05) is 65.8 Å². The van der Waals surface area contributed by atoms with Gasteiger partial charge in [-0.25, -0.2) is 0 Å². The summed E-state index contributed by atoms with van der Waals surface area (Å²) < 4.78 is 48.3. The molecule has 176 valence electrons. The zero-order chi connectivity index (χ0) is 23.9. The molecule has 33 heavy (non-hydrogen) atoms. The Morgan fingerprint density at radius 3 is 1.76 bits per heavy atom. The maximum atomic E-state index is 13.9. The van der Waals surface area contributed by atoms with E-state index in [0.29, 0.717) is 11.1 Å². The number of hydrogen-bond acceptors (Lipinski definition) is 1. The molecule has 5 heteroatoms. The summed E-state index contributed by atoms with van der Waals surface area (Å²) in [6.45, 7) is 8.44. The Hall–Kier alpha value is -2.24.